The van der Waals surface area contributed by atoms with Crippen molar-refractivity contribution in [1.82, 2.24) is 10.3 Å². The first-order valence-electron chi connectivity index (χ1n) is 5.45. The highest BCUT2D eigenvalue weighted by Gasteiger charge is 2.60. The molecule has 2 aromatic rings. The molecule has 2 unspecified atom stereocenters. The van der Waals surface area contributed by atoms with Crippen LogP contribution in [0.3, 0.4) is 0 Å². The highest BCUT2D eigenvalue weighted by molar-refractivity contribution is 7.18. The van der Waals surface area contributed by atoms with E-state index >= 15 is 0 Å². The average molecular weight is 216 g/mol. The lowest BCUT2D eigenvalue weighted by Crippen LogP contribution is -2.18. The van der Waals surface area contributed by atoms with Crippen molar-refractivity contribution in [3.8, 4) is 0 Å². The van der Waals surface area contributed by atoms with E-state index in [9.17, 15) is 0 Å². The standard InChI is InChI=1S/C12H12N2S/c1-2-4-10-9(3-1)14-11(15-10)12-5-8(12)6-13-7-12/h1-4,8,13H,5-7H2. The molecule has 1 N–H and O–H groups in total. The number of thiazole rings is 1. The molecular formula is C12H12N2S. The molecule has 1 aliphatic carbocycles. The smallest absolute Gasteiger partial charge is 0.102 e. The number of fused-ring (bicyclic) bond motifs is 2. The van der Waals surface area contributed by atoms with Gasteiger partial charge in [0.15, 0.2) is 0 Å². The van der Waals surface area contributed by atoms with Crippen molar-refractivity contribution >= 4 is 21.6 Å². The van der Waals surface area contributed by atoms with Crippen LogP contribution in [0, 0.1) is 5.92 Å². The molecular weight excluding hydrogens is 204 g/mol. The molecule has 15 heavy (non-hydrogen) atoms. The molecule has 2 nitrogen and oxygen atoms in total. The Morgan fingerprint density at radius 3 is 3.07 bits per heavy atom. The number of rotatable bonds is 1. The first kappa shape index (κ1) is 8.25. The number of aromatic nitrogens is 1. The fourth-order valence-corrected chi connectivity index (χ4v) is 4.00. The molecule has 2 heterocycles. The molecule has 4 rings (SSSR count). The van der Waals surface area contributed by atoms with E-state index in [1.54, 1.807) is 0 Å². The maximum atomic E-state index is 4.79. The van der Waals surface area contributed by atoms with Crippen LogP contribution in [0.5, 0.6) is 0 Å². The van der Waals surface area contributed by atoms with Crippen LogP contribution in [0.4, 0.5) is 0 Å². The van der Waals surface area contributed by atoms with Crippen LogP contribution >= 0.6 is 11.3 Å². The number of piperidine rings is 1. The van der Waals surface area contributed by atoms with Gasteiger partial charge < -0.3 is 5.32 Å². The number of nitrogens with zero attached hydrogens (tertiary/aromatic N) is 1. The number of benzene rings is 1. The minimum atomic E-state index is 0.420. The van der Waals surface area contributed by atoms with E-state index in [1.165, 1.54) is 28.2 Å². The first-order chi connectivity index (χ1) is 7.38. The van der Waals surface area contributed by atoms with Gasteiger partial charge in [0.25, 0.3) is 0 Å². The maximum absolute atomic E-state index is 4.79. The van der Waals surface area contributed by atoms with Gasteiger partial charge in [-0.15, -0.1) is 11.3 Å². The minimum absolute atomic E-state index is 0.420. The van der Waals surface area contributed by atoms with E-state index < -0.39 is 0 Å². The van der Waals surface area contributed by atoms with Crippen molar-refractivity contribution in [2.24, 2.45) is 5.92 Å². The summed E-state index contributed by atoms with van der Waals surface area (Å²) >= 11 is 1.88. The quantitative estimate of drug-likeness (QED) is 0.790. The topological polar surface area (TPSA) is 24.9 Å². The Kier molecular flexibility index (Phi) is 1.43. The molecule has 1 aromatic carbocycles. The van der Waals surface area contributed by atoms with Gasteiger partial charge in [-0.1, -0.05) is 12.1 Å². The molecule has 2 atom stereocenters. The van der Waals surface area contributed by atoms with E-state index in [-0.39, 0.29) is 0 Å². The van der Waals surface area contributed by atoms with Gasteiger partial charge in [-0.25, -0.2) is 4.98 Å². The third-order valence-corrected chi connectivity index (χ3v) is 5.04. The van der Waals surface area contributed by atoms with Gasteiger partial charge in [0.2, 0.25) is 0 Å². The van der Waals surface area contributed by atoms with Crippen molar-refractivity contribution in [2.45, 2.75) is 11.8 Å². The fraction of sp³-hybridized carbons (Fsp3) is 0.417. The van der Waals surface area contributed by atoms with E-state index in [2.05, 4.69) is 29.6 Å². The van der Waals surface area contributed by atoms with Crippen LogP contribution in [-0.4, -0.2) is 18.1 Å². The lowest BCUT2D eigenvalue weighted by molar-refractivity contribution is 0.672. The Bertz CT molecular complexity index is 500. The summed E-state index contributed by atoms with van der Waals surface area (Å²) in [7, 11) is 0. The second kappa shape index (κ2) is 2.60. The van der Waals surface area contributed by atoms with Gasteiger partial charge in [0.1, 0.15) is 5.01 Å². The summed E-state index contributed by atoms with van der Waals surface area (Å²) in [5, 5.41) is 4.83. The molecule has 1 aliphatic heterocycles. The van der Waals surface area contributed by atoms with Crippen molar-refractivity contribution in [2.75, 3.05) is 13.1 Å². The SMILES string of the molecule is c1ccc2sc(C34CNCC3C4)nc2c1. The van der Waals surface area contributed by atoms with Crippen LogP contribution in [0.25, 0.3) is 10.2 Å². The summed E-state index contributed by atoms with van der Waals surface area (Å²) in [4.78, 5) is 4.79. The predicted molar refractivity (Wildman–Crippen MR) is 62.3 cm³/mol. The predicted octanol–water partition coefficient (Wildman–Crippen LogP) is 2.16. The zero-order chi connectivity index (χ0) is 9.88. The van der Waals surface area contributed by atoms with Gasteiger partial charge in [-0.05, 0) is 31.0 Å². The highest BCUT2D eigenvalue weighted by Crippen LogP contribution is 2.57. The molecule has 1 saturated heterocycles. The second-order valence-corrected chi connectivity index (χ2v) is 5.71. The van der Waals surface area contributed by atoms with Crippen molar-refractivity contribution in [1.29, 1.82) is 0 Å². The molecule has 3 heteroatoms. The monoisotopic (exact) mass is 216 g/mol. The minimum Gasteiger partial charge on any atom is -0.315 e. The lowest BCUT2D eigenvalue weighted by Gasteiger charge is -2.05. The zero-order valence-corrected chi connectivity index (χ0v) is 9.18. The van der Waals surface area contributed by atoms with Gasteiger partial charge in [-0.3, -0.25) is 0 Å². The Balaban J connectivity index is 1.89. The molecule has 2 fully saturated rings. The van der Waals surface area contributed by atoms with Crippen LogP contribution in [0.1, 0.15) is 11.4 Å². The van der Waals surface area contributed by atoms with Crippen LogP contribution in [0.15, 0.2) is 24.3 Å². The number of para-hydroxylation sites is 1. The Morgan fingerprint density at radius 1 is 1.40 bits per heavy atom. The summed E-state index contributed by atoms with van der Waals surface area (Å²) in [5.74, 6) is 0.859. The molecule has 0 bridgehead atoms. The molecule has 0 amide bonds. The number of hydrogen-bond acceptors (Lipinski definition) is 3. The van der Waals surface area contributed by atoms with Crippen molar-refractivity contribution in [3.05, 3.63) is 29.3 Å². The Morgan fingerprint density at radius 2 is 2.33 bits per heavy atom. The summed E-state index contributed by atoms with van der Waals surface area (Å²) < 4.78 is 1.33. The summed E-state index contributed by atoms with van der Waals surface area (Å²) in [6.45, 7) is 2.33. The maximum Gasteiger partial charge on any atom is 0.102 e. The molecule has 0 radical (unpaired) electrons. The van der Waals surface area contributed by atoms with Crippen LogP contribution in [0.2, 0.25) is 0 Å². The van der Waals surface area contributed by atoms with E-state index in [1.807, 2.05) is 11.3 Å². The van der Waals surface area contributed by atoms with E-state index in [4.69, 9.17) is 4.98 Å². The molecule has 1 aromatic heterocycles. The zero-order valence-electron chi connectivity index (χ0n) is 8.36. The summed E-state index contributed by atoms with van der Waals surface area (Å²) in [6.07, 6.45) is 1.35. The van der Waals surface area contributed by atoms with E-state index in [0.29, 0.717) is 5.41 Å². The Labute approximate surface area is 92.3 Å². The van der Waals surface area contributed by atoms with Crippen LogP contribution < -0.4 is 5.32 Å². The first-order valence-corrected chi connectivity index (χ1v) is 6.27. The molecule has 76 valence electrons. The Hall–Kier alpha value is -0.930. The van der Waals surface area contributed by atoms with Gasteiger partial charge in [0.05, 0.1) is 10.2 Å². The lowest BCUT2D eigenvalue weighted by atomic mass is 10.1. The third-order valence-electron chi connectivity index (χ3n) is 3.78. The average Bonchev–Trinajstić information content (AvgIpc) is 2.68. The number of nitrogens with one attached hydrogen (secondary N) is 1. The fourth-order valence-electron chi connectivity index (χ4n) is 2.76. The van der Waals surface area contributed by atoms with Gasteiger partial charge in [0, 0.05) is 12.0 Å². The van der Waals surface area contributed by atoms with Gasteiger partial charge >= 0.3 is 0 Å². The van der Waals surface area contributed by atoms with Crippen molar-refractivity contribution < 1.29 is 0 Å². The largest absolute Gasteiger partial charge is 0.315 e. The van der Waals surface area contributed by atoms with E-state index in [0.717, 1.165) is 12.5 Å². The number of hydrogen-bond donors (Lipinski definition) is 1. The summed E-state index contributed by atoms with van der Waals surface area (Å²) in [6, 6.07) is 8.46. The second-order valence-electron chi connectivity index (χ2n) is 4.67. The third kappa shape index (κ3) is 0.998. The van der Waals surface area contributed by atoms with Crippen LogP contribution in [-0.2, 0) is 5.41 Å². The normalized spacial score (nSPS) is 33.2. The molecule has 2 aliphatic rings. The van der Waals surface area contributed by atoms with Crippen molar-refractivity contribution in [3.63, 3.8) is 0 Å². The molecule has 1 saturated carbocycles. The molecule has 0 spiro atoms. The summed E-state index contributed by atoms with van der Waals surface area (Å²) in [5.41, 5.74) is 1.59. The van der Waals surface area contributed by atoms with Gasteiger partial charge in [-0.2, -0.15) is 0 Å². The highest BCUT2D eigenvalue weighted by atomic mass is 32.1.